The van der Waals surface area contributed by atoms with Crippen LogP contribution in [0.25, 0.3) is 6.08 Å². The molecule has 0 aliphatic carbocycles. The number of hydrogen-bond acceptors (Lipinski definition) is 4. The van der Waals surface area contributed by atoms with E-state index in [4.69, 9.17) is 9.31 Å². The molecule has 1 aliphatic rings. The highest BCUT2D eigenvalue weighted by Gasteiger charge is 2.49. The number of nitrogens with zero attached hydrogens (tertiary/aromatic N) is 1. The molecule has 1 aliphatic heterocycles. The Bertz CT molecular complexity index is 469. The summed E-state index contributed by atoms with van der Waals surface area (Å²) >= 11 is 0. The fraction of sp³-hybridized carbons (Fsp3) is 0.500. The monoisotopic (exact) mass is 261 g/mol. The number of hydrogen-bond donors (Lipinski definition) is 1. The van der Waals surface area contributed by atoms with Crippen LogP contribution in [0.3, 0.4) is 0 Å². The van der Waals surface area contributed by atoms with Crippen molar-refractivity contribution < 1.29 is 14.4 Å². The lowest BCUT2D eigenvalue weighted by Crippen LogP contribution is -2.41. The fourth-order valence-corrected chi connectivity index (χ4v) is 1.88. The van der Waals surface area contributed by atoms with Crippen molar-refractivity contribution >= 4 is 13.2 Å². The Morgan fingerprint density at radius 3 is 2.47 bits per heavy atom. The van der Waals surface area contributed by atoms with Crippen LogP contribution in [0.4, 0.5) is 0 Å². The Hall–Kier alpha value is -1.17. The molecule has 0 amide bonds. The van der Waals surface area contributed by atoms with Gasteiger partial charge in [0, 0.05) is 18.0 Å². The van der Waals surface area contributed by atoms with Gasteiger partial charge in [-0.15, -0.1) is 0 Å². The highest BCUT2D eigenvalue weighted by molar-refractivity contribution is 6.52. The van der Waals surface area contributed by atoms with Gasteiger partial charge in [-0.2, -0.15) is 0 Å². The van der Waals surface area contributed by atoms with Gasteiger partial charge in [-0.3, -0.25) is 4.98 Å². The molecule has 0 saturated carbocycles. The van der Waals surface area contributed by atoms with Crippen LogP contribution < -0.4 is 0 Å². The van der Waals surface area contributed by atoms with E-state index in [2.05, 4.69) is 4.98 Å². The molecular formula is C14H20BNO3. The van der Waals surface area contributed by atoms with E-state index in [1.54, 1.807) is 12.4 Å². The minimum Gasteiger partial charge on any atom is -0.400 e. The van der Waals surface area contributed by atoms with Crippen LogP contribution in [0.5, 0.6) is 0 Å². The van der Waals surface area contributed by atoms with Crippen molar-refractivity contribution in [3.8, 4) is 0 Å². The molecule has 2 heterocycles. The van der Waals surface area contributed by atoms with Gasteiger partial charge >= 0.3 is 7.12 Å². The highest BCUT2D eigenvalue weighted by Crippen LogP contribution is 2.37. The second-order valence-electron chi connectivity index (χ2n) is 5.72. The zero-order valence-corrected chi connectivity index (χ0v) is 11.9. The average Bonchev–Trinajstić information content (AvgIpc) is 2.55. The summed E-state index contributed by atoms with van der Waals surface area (Å²) in [5.41, 5.74) is 1.04. The molecule has 0 aromatic carbocycles. The Morgan fingerprint density at radius 2 is 1.89 bits per heavy atom. The minimum atomic E-state index is -0.371. The Labute approximate surface area is 114 Å². The van der Waals surface area contributed by atoms with Crippen LogP contribution >= 0.6 is 0 Å². The fourth-order valence-electron chi connectivity index (χ4n) is 1.88. The van der Waals surface area contributed by atoms with Crippen LogP contribution in [0.15, 0.2) is 24.4 Å². The average molecular weight is 261 g/mol. The zero-order chi connectivity index (χ0) is 14.1. The minimum absolute atomic E-state index is 0.0309. The summed E-state index contributed by atoms with van der Waals surface area (Å²) in [5, 5.41) is 9.24. The molecular weight excluding hydrogens is 241 g/mol. The van der Waals surface area contributed by atoms with E-state index in [0.29, 0.717) is 0 Å². The maximum absolute atomic E-state index is 9.24. The van der Waals surface area contributed by atoms with Gasteiger partial charge in [0.2, 0.25) is 0 Å². The molecule has 19 heavy (non-hydrogen) atoms. The maximum Gasteiger partial charge on any atom is 0.487 e. The number of aliphatic hydroxyl groups is 1. The summed E-state index contributed by atoms with van der Waals surface area (Å²) < 4.78 is 11.7. The van der Waals surface area contributed by atoms with Crippen molar-refractivity contribution in [1.82, 2.24) is 4.98 Å². The first-order valence-corrected chi connectivity index (χ1v) is 6.43. The molecule has 1 fully saturated rings. The van der Waals surface area contributed by atoms with Crippen molar-refractivity contribution in [3.05, 3.63) is 35.6 Å². The van der Waals surface area contributed by atoms with Gasteiger partial charge < -0.3 is 14.4 Å². The van der Waals surface area contributed by atoms with E-state index < -0.39 is 0 Å². The van der Waals surface area contributed by atoms with Gasteiger partial charge in [0.05, 0.1) is 17.8 Å². The molecule has 1 aromatic rings. The van der Waals surface area contributed by atoms with Crippen molar-refractivity contribution in [1.29, 1.82) is 0 Å². The molecule has 1 N–H and O–H groups in total. The van der Waals surface area contributed by atoms with Crippen LogP contribution in [0, 0.1) is 0 Å². The van der Waals surface area contributed by atoms with Crippen LogP contribution in [0.1, 0.15) is 38.8 Å². The topological polar surface area (TPSA) is 51.6 Å². The second-order valence-corrected chi connectivity index (χ2v) is 5.72. The van der Waals surface area contributed by atoms with Gasteiger partial charge in [-0.1, -0.05) is 12.1 Å². The quantitative estimate of drug-likeness (QED) is 0.847. The SMILES string of the molecule is CC1(C)OB(/C=C/c2ccncc2CO)OC1(C)C. The molecule has 102 valence electrons. The van der Waals surface area contributed by atoms with E-state index in [9.17, 15) is 5.11 Å². The van der Waals surface area contributed by atoms with Crippen molar-refractivity contribution in [3.63, 3.8) is 0 Å². The van der Waals surface area contributed by atoms with E-state index in [1.807, 2.05) is 45.8 Å². The Balaban J connectivity index is 2.13. The molecule has 0 spiro atoms. The van der Waals surface area contributed by atoms with Gasteiger partial charge in [-0.05, 0) is 39.3 Å². The predicted octanol–water partition coefficient (Wildman–Crippen LogP) is 2.22. The lowest BCUT2D eigenvalue weighted by molar-refractivity contribution is 0.00578. The van der Waals surface area contributed by atoms with E-state index in [-0.39, 0.29) is 24.9 Å². The lowest BCUT2D eigenvalue weighted by atomic mass is 9.89. The third-order valence-electron chi connectivity index (χ3n) is 3.82. The lowest BCUT2D eigenvalue weighted by Gasteiger charge is -2.32. The first-order chi connectivity index (χ1) is 8.86. The number of aromatic nitrogens is 1. The van der Waals surface area contributed by atoms with E-state index in [1.165, 1.54) is 0 Å². The third-order valence-corrected chi connectivity index (χ3v) is 3.82. The largest absolute Gasteiger partial charge is 0.487 e. The third kappa shape index (κ3) is 2.89. The first-order valence-electron chi connectivity index (χ1n) is 6.43. The molecule has 0 unspecified atom stereocenters. The highest BCUT2D eigenvalue weighted by atomic mass is 16.7. The standard InChI is InChI=1S/C14H20BNO3/c1-13(2)14(3,4)19-15(18-13)7-5-11-6-8-16-9-12(11)10-17/h5-9,17H,10H2,1-4H3/b7-5+. The van der Waals surface area contributed by atoms with Crippen molar-refractivity contribution in [2.24, 2.45) is 0 Å². The first kappa shape index (κ1) is 14.2. The zero-order valence-electron chi connectivity index (χ0n) is 11.9. The summed E-state index contributed by atoms with van der Waals surface area (Å²) in [7, 11) is -0.371. The molecule has 5 heteroatoms. The molecule has 0 radical (unpaired) electrons. The van der Waals surface area contributed by atoms with E-state index >= 15 is 0 Å². The molecule has 0 bridgehead atoms. The summed E-state index contributed by atoms with van der Waals surface area (Å²) in [6.07, 6.45) is 5.25. The molecule has 0 atom stereocenters. The van der Waals surface area contributed by atoms with Gasteiger partial charge in [0.25, 0.3) is 0 Å². The molecule has 4 nitrogen and oxygen atoms in total. The van der Waals surface area contributed by atoms with Crippen LogP contribution in [0.2, 0.25) is 0 Å². The predicted molar refractivity (Wildman–Crippen MR) is 75.3 cm³/mol. The summed E-state index contributed by atoms with van der Waals surface area (Å²) in [6.45, 7) is 8.05. The molecule has 2 rings (SSSR count). The number of aliphatic hydroxyl groups excluding tert-OH is 1. The summed E-state index contributed by atoms with van der Waals surface area (Å²) in [4.78, 5) is 3.99. The number of pyridine rings is 1. The van der Waals surface area contributed by atoms with Crippen LogP contribution in [-0.2, 0) is 15.9 Å². The number of rotatable bonds is 3. The van der Waals surface area contributed by atoms with Crippen molar-refractivity contribution in [2.45, 2.75) is 45.5 Å². The Morgan fingerprint density at radius 1 is 1.26 bits per heavy atom. The molecule has 1 saturated heterocycles. The van der Waals surface area contributed by atoms with Gasteiger partial charge in [-0.25, -0.2) is 0 Å². The maximum atomic E-state index is 9.24. The smallest absolute Gasteiger partial charge is 0.400 e. The van der Waals surface area contributed by atoms with Gasteiger partial charge in [0.1, 0.15) is 0 Å². The van der Waals surface area contributed by atoms with Gasteiger partial charge in [0.15, 0.2) is 0 Å². The summed E-state index contributed by atoms with van der Waals surface area (Å²) in [5.74, 6) is 1.87. The second kappa shape index (κ2) is 5.08. The molecule has 1 aromatic heterocycles. The van der Waals surface area contributed by atoms with Crippen LogP contribution in [-0.4, -0.2) is 28.4 Å². The normalized spacial score (nSPS) is 21.2. The summed E-state index contributed by atoms with van der Waals surface area (Å²) in [6, 6.07) is 1.85. The Kier molecular flexibility index (Phi) is 3.81. The van der Waals surface area contributed by atoms with E-state index in [0.717, 1.165) is 11.1 Å². The van der Waals surface area contributed by atoms with Crippen molar-refractivity contribution in [2.75, 3.05) is 0 Å².